The van der Waals surface area contributed by atoms with E-state index in [9.17, 15) is 12.9 Å². The van der Waals surface area contributed by atoms with E-state index in [0.717, 1.165) is 11.8 Å². The number of rotatable bonds is 3. The van der Waals surface area contributed by atoms with Crippen molar-refractivity contribution in [1.29, 1.82) is 0 Å². The first-order chi connectivity index (χ1) is 3.98. The van der Waals surface area contributed by atoms with Gasteiger partial charge in [-0.3, -0.25) is 0 Å². The molecule has 54 valence electrons. The molecule has 0 bridgehead atoms. The summed E-state index contributed by atoms with van der Waals surface area (Å²) in [5.74, 6) is -0.0104. The van der Waals surface area contributed by atoms with Gasteiger partial charge in [-0.1, -0.05) is 0 Å². The summed E-state index contributed by atoms with van der Waals surface area (Å²) in [5, 5.41) is 0. The molecule has 0 N–H and O–H groups in total. The zero-order valence-electron chi connectivity index (χ0n) is 6.03. The molecule has 0 aromatic carbocycles. The summed E-state index contributed by atoms with van der Waals surface area (Å²) in [5.41, 5.74) is -0.609. The third-order valence-electron chi connectivity index (χ3n) is 0.793. The molecule has 0 rings (SSSR count). The van der Waals surface area contributed by atoms with Crippen molar-refractivity contribution in [1.82, 2.24) is 0 Å². The van der Waals surface area contributed by atoms with Gasteiger partial charge < -0.3 is 12.9 Å². The molecule has 0 saturated carbocycles. The van der Waals surface area contributed by atoms with E-state index >= 15 is 0 Å². The molecule has 0 radical (unpaired) electrons. The van der Waals surface area contributed by atoms with E-state index in [1.54, 1.807) is 6.26 Å². The van der Waals surface area contributed by atoms with E-state index in [1.165, 1.54) is 0 Å². The van der Waals surface area contributed by atoms with Crippen LogP contribution in [0.4, 0.5) is 12.9 Å². The molecule has 0 saturated heterocycles. The first-order valence-electron chi connectivity index (χ1n) is 2.35. The number of hydrogen-bond donors (Lipinski definition) is 0. The molecule has 0 aromatic heterocycles. The summed E-state index contributed by atoms with van der Waals surface area (Å²) >= 11 is 1.13. The van der Waals surface area contributed by atoms with Gasteiger partial charge in [0.2, 0.25) is 0 Å². The normalized spacial score (nSPS) is 10.4. The van der Waals surface area contributed by atoms with Gasteiger partial charge in [-0.15, -0.1) is 12.1 Å². The van der Waals surface area contributed by atoms with Gasteiger partial charge in [0.15, 0.2) is 0 Å². The molecule has 0 atom stereocenters. The summed E-state index contributed by atoms with van der Waals surface area (Å²) in [6.07, 6.45) is 1.62. The van der Waals surface area contributed by atoms with Crippen LogP contribution in [0.3, 0.4) is 0 Å². The number of halogens is 3. The Morgan fingerprint density at radius 2 is 1.90 bits per heavy atom. The molecule has 0 aliphatic heterocycles. The molecule has 0 aromatic rings. The fraction of sp³-hybridized carbons (Fsp3) is 0.500. The van der Waals surface area contributed by atoms with E-state index < -0.39 is 12.4 Å². The van der Waals surface area contributed by atoms with Gasteiger partial charge in [-0.25, -0.2) is 0 Å². The van der Waals surface area contributed by atoms with Crippen LogP contribution in [-0.2, 0) is 0 Å². The van der Waals surface area contributed by atoms with Crippen molar-refractivity contribution in [3.05, 3.63) is 12.1 Å². The van der Waals surface area contributed by atoms with Crippen molar-refractivity contribution in [2.24, 2.45) is 0 Å². The van der Waals surface area contributed by atoms with Gasteiger partial charge in [0.05, 0.1) is 0 Å². The van der Waals surface area contributed by atoms with Crippen LogP contribution in [0.1, 0.15) is 0 Å². The Hall–Kier alpha value is 1.58. The van der Waals surface area contributed by atoms with Crippen molar-refractivity contribution in [3.63, 3.8) is 0 Å². The van der Waals surface area contributed by atoms with E-state index in [1.807, 2.05) is 0 Å². The van der Waals surface area contributed by atoms with E-state index in [0.29, 0.717) is 0 Å². The molecule has 0 aliphatic rings. The molecule has 0 unspecified atom stereocenters. The monoisotopic (exact) mass is 194 g/mol. The minimum Gasteiger partial charge on any atom is -0.445 e. The summed E-state index contributed by atoms with van der Waals surface area (Å²) in [4.78, 5) is 0. The van der Waals surface area contributed by atoms with E-state index in [-0.39, 0.29) is 57.1 Å². The molecular weight excluding hydrogens is 187 g/mol. The third-order valence-corrected chi connectivity index (χ3v) is 1.45. The van der Waals surface area contributed by atoms with Crippen LogP contribution >= 0.6 is 11.8 Å². The molecule has 0 nitrogen and oxygen atoms in total. The largest absolute Gasteiger partial charge is 1.00 e. The minimum absolute atomic E-state index is 0. The van der Waals surface area contributed by atoms with Crippen LogP contribution in [0.25, 0.3) is 0 Å². The van der Waals surface area contributed by atoms with Crippen LogP contribution in [0.15, 0.2) is 12.1 Å². The second-order valence-corrected chi connectivity index (χ2v) is 2.53. The van der Waals surface area contributed by atoms with Crippen LogP contribution in [0, 0.1) is 0 Å². The van der Waals surface area contributed by atoms with Crippen molar-refractivity contribution in [3.8, 4) is 0 Å². The summed E-state index contributed by atoms with van der Waals surface area (Å²) in [7, 11) is 0. The van der Waals surface area contributed by atoms with Crippen molar-refractivity contribution in [2.75, 3.05) is 12.0 Å². The zero-order valence-corrected chi connectivity index (χ0v) is 9.97. The molecule has 0 spiro atoms. The summed E-state index contributed by atoms with van der Waals surface area (Å²) < 4.78 is 34.8. The molecular formula is C4H7BF3KS. The fourth-order valence-corrected chi connectivity index (χ4v) is 0.840. The van der Waals surface area contributed by atoms with Gasteiger partial charge in [-0.2, -0.15) is 11.8 Å². The first kappa shape index (κ1) is 14.1. The first-order valence-corrected chi connectivity index (χ1v) is 3.74. The van der Waals surface area contributed by atoms with Crippen LogP contribution in [0.5, 0.6) is 0 Å². The Labute approximate surface area is 105 Å². The van der Waals surface area contributed by atoms with E-state index in [4.69, 9.17) is 0 Å². The summed E-state index contributed by atoms with van der Waals surface area (Å²) in [6.45, 7) is -1.89. The van der Waals surface area contributed by atoms with Crippen LogP contribution in [0.2, 0.25) is 0 Å². The maximum Gasteiger partial charge on any atom is 1.00 e. The van der Waals surface area contributed by atoms with Crippen molar-refractivity contribution in [2.45, 2.75) is 0 Å². The maximum absolute atomic E-state index is 11.6. The second kappa shape index (κ2) is 6.14. The molecule has 0 fully saturated rings. The Kier molecular flexibility index (Phi) is 8.67. The third kappa shape index (κ3) is 6.30. The predicted molar refractivity (Wildman–Crippen MR) is 36.6 cm³/mol. The second-order valence-electron chi connectivity index (χ2n) is 1.67. The zero-order chi connectivity index (χ0) is 7.49. The Balaban J connectivity index is 0. The van der Waals surface area contributed by atoms with Gasteiger partial charge in [-0.05, 0) is 12.0 Å². The van der Waals surface area contributed by atoms with Gasteiger partial charge >= 0.3 is 58.4 Å². The fourth-order valence-electron chi connectivity index (χ4n) is 0.280. The topological polar surface area (TPSA) is 0 Å². The van der Waals surface area contributed by atoms with Crippen LogP contribution < -0.4 is 51.4 Å². The molecule has 0 heterocycles. The Morgan fingerprint density at radius 1 is 1.50 bits per heavy atom. The maximum atomic E-state index is 11.6. The minimum atomic E-state index is -4.79. The predicted octanol–water partition coefficient (Wildman–Crippen LogP) is -0.704. The van der Waals surface area contributed by atoms with E-state index in [2.05, 4.69) is 6.58 Å². The van der Waals surface area contributed by atoms with Gasteiger partial charge in [0.1, 0.15) is 0 Å². The van der Waals surface area contributed by atoms with Crippen molar-refractivity contribution < 1.29 is 64.3 Å². The molecule has 10 heavy (non-hydrogen) atoms. The number of hydrogen-bond acceptors (Lipinski definition) is 1. The quantitative estimate of drug-likeness (QED) is 0.535. The molecule has 0 aliphatic carbocycles. The molecule has 0 amide bonds. The average molecular weight is 194 g/mol. The SMILES string of the molecule is C=C(CSC)[B-](F)(F)F.[K+]. The van der Waals surface area contributed by atoms with Crippen molar-refractivity contribution >= 4 is 18.7 Å². The van der Waals surface area contributed by atoms with Gasteiger partial charge in [0, 0.05) is 0 Å². The van der Waals surface area contributed by atoms with Gasteiger partial charge in [0.25, 0.3) is 0 Å². The smallest absolute Gasteiger partial charge is 0.445 e. The molecule has 6 heteroatoms. The Morgan fingerprint density at radius 3 is 2.00 bits per heavy atom. The van der Waals surface area contributed by atoms with Crippen LogP contribution in [-0.4, -0.2) is 19.0 Å². The average Bonchev–Trinajstić information content (AvgIpc) is 1.64. The summed E-state index contributed by atoms with van der Waals surface area (Å²) in [6, 6.07) is 0. The standard InChI is InChI=1S/C4H7BF3S.K/c1-4(3-9-2)5(6,7)8;/h1,3H2,2H3;/q-1;+1. The number of thioether (sulfide) groups is 1. The Bertz CT molecular complexity index is 114.